The van der Waals surface area contributed by atoms with E-state index >= 15 is 0 Å². The van der Waals surface area contributed by atoms with Crippen LogP contribution in [0, 0.1) is 6.92 Å². The molecule has 2 aromatic rings. The van der Waals surface area contributed by atoms with Crippen LogP contribution >= 0.6 is 0 Å². The van der Waals surface area contributed by atoms with Crippen LogP contribution < -0.4 is 5.32 Å². The topological polar surface area (TPSA) is 83.3 Å². The minimum absolute atomic E-state index is 0.235. The van der Waals surface area contributed by atoms with Crippen molar-refractivity contribution in [2.24, 2.45) is 7.05 Å². The van der Waals surface area contributed by atoms with E-state index in [-0.39, 0.29) is 12.6 Å². The lowest BCUT2D eigenvalue weighted by Gasteiger charge is -2.24. The van der Waals surface area contributed by atoms with Crippen molar-refractivity contribution in [3.63, 3.8) is 0 Å². The van der Waals surface area contributed by atoms with Gasteiger partial charge in [-0.2, -0.15) is 5.10 Å². The van der Waals surface area contributed by atoms with Crippen LogP contribution in [0.5, 0.6) is 0 Å². The summed E-state index contributed by atoms with van der Waals surface area (Å²) in [5.74, 6) is 0.675. The second-order valence-electron chi connectivity index (χ2n) is 5.42. The van der Waals surface area contributed by atoms with Gasteiger partial charge >= 0.3 is 6.03 Å². The SMILES string of the molecule is CCN(CC(O)c1ccc(C)cc1)C(=O)NCc1ncnn1C. The summed E-state index contributed by atoms with van der Waals surface area (Å²) in [7, 11) is 1.77. The summed E-state index contributed by atoms with van der Waals surface area (Å²) in [4.78, 5) is 17.9. The maximum atomic E-state index is 12.2. The molecular weight excluding hydrogens is 294 g/mol. The van der Waals surface area contributed by atoms with Crippen molar-refractivity contribution in [1.29, 1.82) is 0 Å². The van der Waals surface area contributed by atoms with Crippen molar-refractivity contribution in [2.45, 2.75) is 26.5 Å². The summed E-state index contributed by atoms with van der Waals surface area (Å²) in [6, 6.07) is 7.42. The summed E-state index contributed by atoms with van der Waals surface area (Å²) in [6.45, 7) is 4.92. The normalized spacial score (nSPS) is 12.0. The molecule has 124 valence electrons. The van der Waals surface area contributed by atoms with Gasteiger partial charge in [0.05, 0.1) is 19.2 Å². The molecule has 0 aliphatic rings. The smallest absolute Gasteiger partial charge is 0.317 e. The number of likely N-dealkylation sites (N-methyl/N-ethyl adjacent to an activating group) is 1. The Morgan fingerprint density at radius 1 is 1.39 bits per heavy atom. The van der Waals surface area contributed by atoms with Crippen molar-refractivity contribution >= 4 is 6.03 Å². The van der Waals surface area contributed by atoms with Crippen molar-refractivity contribution in [1.82, 2.24) is 25.0 Å². The van der Waals surface area contributed by atoms with Gasteiger partial charge in [-0.25, -0.2) is 9.78 Å². The van der Waals surface area contributed by atoms with Crippen LogP contribution in [0.2, 0.25) is 0 Å². The molecule has 1 aromatic carbocycles. The molecule has 2 amide bonds. The highest BCUT2D eigenvalue weighted by Crippen LogP contribution is 2.15. The molecule has 0 saturated carbocycles. The highest BCUT2D eigenvalue weighted by molar-refractivity contribution is 5.74. The number of nitrogens with zero attached hydrogens (tertiary/aromatic N) is 4. The second kappa shape index (κ2) is 7.73. The van der Waals surface area contributed by atoms with Crippen molar-refractivity contribution < 1.29 is 9.90 Å². The Morgan fingerprint density at radius 2 is 2.09 bits per heavy atom. The maximum Gasteiger partial charge on any atom is 0.317 e. The number of aromatic nitrogens is 3. The fourth-order valence-electron chi connectivity index (χ4n) is 2.21. The predicted molar refractivity (Wildman–Crippen MR) is 86.6 cm³/mol. The van der Waals surface area contributed by atoms with Crippen LogP contribution in [0.3, 0.4) is 0 Å². The Labute approximate surface area is 136 Å². The third kappa shape index (κ3) is 4.53. The zero-order valence-corrected chi connectivity index (χ0v) is 13.7. The molecule has 1 unspecified atom stereocenters. The number of hydrogen-bond donors (Lipinski definition) is 2. The number of carbonyl (C=O) groups is 1. The first-order chi connectivity index (χ1) is 11.0. The number of rotatable bonds is 6. The highest BCUT2D eigenvalue weighted by Gasteiger charge is 2.17. The maximum absolute atomic E-state index is 12.2. The van der Waals surface area contributed by atoms with Crippen LogP contribution in [0.25, 0.3) is 0 Å². The lowest BCUT2D eigenvalue weighted by molar-refractivity contribution is 0.123. The molecule has 0 aliphatic carbocycles. The zero-order valence-electron chi connectivity index (χ0n) is 13.7. The number of benzene rings is 1. The number of hydrogen-bond acceptors (Lipinski definition) is 4. The van der Waals surface area contributed by atoms with Gasteiger partial charge in [0, 0.05) is 13.6 Å². The van der Waals surface area contributed by atoms with Gasteiger partial charge < -0.3 is 15.3 Å². The largest absolute Gasteiger partial charge is 0.387 e. The summed E-state index contributed by atoms with van der Waals surface area (Å²) in [5, 5.41) is 17.1. The number of aliphatic hydroxyl groups excluding tert-OH is 1. The summed E-state index contributed by atoms with van der Waals surface area (Å²) < 4.78 is 1.61. The Bertz CT molecular complexity index is 638. The molecule has 1 heterocycles. The number of amides is 2. The monoisotopic (exact) mass is 317 g/mol. The number of aryl methyl sites for hydroxylation is 2. The van der Waals surface area contributed by atoms with Crippen LogP contribution in [-0.4, -0.2) is 43.9 Å². The second-order valence-corrected chi connectivity index (χ2v) is 5.42. The standard InChI is InChI=1S/C16H23N5O2/c1-4-21(10-14(22)13-7-5-12(2)6-8-13)16(23)17-9-15-18-11-19-20(15)3/h5-8,11,14,22H,4,9-10H2,1-3H3,(H,17,23). The number of carbonyl (C=O) groups excluding carboxylic acids is 1. The minimum atomic E-state index is -0.712. The van der Waals surface area contributed by atoms with E-state index in [0.717, 1.165) is 11.1 Å². The van der Waals surface area contributed by atoms with Gasteiger partial charge in [0.1, 0.15) is 12.2 Å². The molecule has 23 heavy (non-hydrogen) atoms. The van der Waals surface area contributed by atoms with E-state index in [1.807, 2.05) is 38.1 Å². The van der Waals surface area contributed by atoms with Gasteiger partial charge in [0.25, 0.3) is 0 Å². The van der Waals surface area contributed by atoms with Crippen LogP contribution in [0.1, 0.15) is 30.0 Å². The van der Waals surface area contributed by atoms with Gasteiger partial charge in [-0.1, -0.05) is 29.8 Å². The Hall–Kier alpha value is -2.41. The van der Waals surface area contributed by atoms with Crippen molar-refractivity contribution in [3.05, 3.63) is 47.5 Å². The minimum Gasteiger partial charge on any atom is -0.387 e. The summed E-state index contributed by atoms with van der Waals surface area (Å²) >= 11 is 0. The molecule has 0 fully saturated rings. The third-order valence-electron chi connectivity index (χ3n) is 3.73. The molecule has 1 aromatic heterocycles. The molecule has 0 aliphatic heterocycles. The first kappa shape index (κ1) is 17.0. The van der Waals surface area contributed by atoms with Crippen LogP contribution in [0.15, 0.2) is 30.6 Å². The van der Waals surface area contributed by atoms with E-state index in [1.54, 1.807) is 16.6 Å². The molecule has 2 N–H and O–H groups in total. The summed E-state index contributed by atoms with van der Waals surface area (Å²) in [6.07, 6.45) is 0.733. The van der Waals surface area contributed by atoms with E-state index in [1.165, 1.54) is 6.33 Å². The molecule has 1 atom stereocenters. The van der Waals surface area contributed by atoms with Crippen molar-refractivity contribution in [2.75, 3.05) is 13.1 Å². The first-order valence-electron chi connectivity index (χ1n) is 7.61. The van der Waals surface area contributed by atoms with Gasteiger partial charge in [0.2, 0.25) is 0 Å². The average Bonchev–Trinajstić information content (AvgIpc) is 2.95. The van der Waals surface area contributed by atoms with Gasteiger partial charge in [-0.05, 0) is 19.4 Å². The number of urea groups is 1. The number of nitrogens with one attached hydrogen (secondary N) is 1. The van der Waals surface area contributed by atoms with Crippen molar-refractivity contribution in [3.8, 4) is 0 Å². The fourth-order valence-corrected chi connectivity index (χ4v) is 2.21. The summed E-state index contributed by atoms with van der Waals surface area (Å²) in [5.41, 5.74) is 1.94. The lowest BCUT2D eigenvalue weighted by atomic mass is 10.1. The zero-order chi connectivity index (χ0) is 16.8. The first-order valence-corrected chi connectivity index (χ1v) is 7.61. The third-order valence-corrected chi connectivity index (χ3v) is 3.73. The number of aliphatic hydroxyl groups is 1. The molecular formula is C16H23N5O2. The van der Waals surface area contributed by atoms with Crippen LogP contribution in [-0.2, 0) is 13.6 Å². The molecule has 7 nitrogen and oxygen atoms in total. The van der Waals surface area contributed by atoms with E-state index in [9.17, 15) is 9.90 Å². The predicted octanol–water partition coefficient (Wildman–Crippen LogP) is 1.39. The fraction of sp³-hybridized carbons (Fsp3) is 0.438. The molecule has 0 spiro atoms. The molecule has 7 heteroatoms. The van der Waals surface area contributed by atoms with Gasteiger partial charge in [-0.3, -0.25) is 4.68 Å². The Morgan fingerprint density at radius 3 is 2.65 bits per heavy atom. The van der Waals surface area contributed by atoms with Crippen LogP contribution in [0.4, 0.5) is 4.79 Å². The molecule has 0 saturated heterocycles. The molecule has 0 radical (unpaired) electrons. The molecule has 2 rings (SSSR count). The van der Waals surface area contributed by atoms with Gasteiger partial charge in [0.15, 0.2) is 0 Å². The quantitative estimate of drug-likeness (QED) is 0.843. The van der Waals surface area contributed by atoms with Gasteiger partial charge in [-0.15, -0.1) is 0 Å². The van der Waals surface area contributed by atoms with E-state index < -0.39 is 6.10 Å². The van der Waals surface area contributed by atoms with E-state index in [0.29, 0.717) is 18.9 Å². The highest BCUT2D eigenvalue weighted by atomic mass is 16.3. The van der Waals surface area contributed by atoms with E-state index in [4.69, 9.17) is 0 Å². The Kier molecular flexibility index (Phi) is 5.70. The van der Waals surface area contributed by atoms with E-state index in [2.05, 4.69) is 15.4 Å². The molecule has 0 bridgehead atoms. The average molecular weight is 317 g/mol. The Balaban J connectivity index is 1.91. The lowest BCUT2D eigenvalue weighted by Crippen LogP contribution is -2.42.